The van der Waals surface area contributed by atoms with Crippen LogP contribution >= 0.6 is 0 Å². The molecule has 0 aromatic heterocycles. The molecule has 2 atom stereocenters. The summed E-state index contributed by atoms with van der Waals surface area (Å²) in [7, 11) is 0. The van der Waals surface area contributed by atoms with E-state index in [0.29, 0.717) is 6.04 Å². The number of fused-ring (bicyclic) bond motifs is 1. The number of piperidine rings is 1. The molecule has 2 heterocycles. The van der Waals surface area contributed by atoms with Crippen LogP contribution in [0.5, 0.6) is 0 Å². The lowest BCUT2D eigenvalue weighted by Crippen LogP contribution is -2.58. The molecule has 104 valence electrons. The highest BCUT2D eigenvalue weighted by atomic mass is 19.1. The average molecular weight is 262 g/mol. The smallest absolute Gasteiger partial charge is 0.123 e. The largest absolute Gasteiger partial charge is 0.298 e. The lowest BCUT2D eigenvalue weighted by atomic mass is 9.97. The zero-order chi connectivity index (χ0) is 13.2. The molecule has 2 aliphatic heterocycles. The van der Waals surface area contributed by atoms with Crippen LogP contribution in [0.25, 0.3) is 0 Å². The van der Waals surface area contributed by atoms with Gasteiger partial charge in [0, 0.05) is 31.7 Å². The normalized spacial score (nSPS) is 29.2. The van der Waals surface area contributed by atoms with E-state index in [2.05, 4.69) is 16.7 Å². The van der Waals surface area contributed by atoms with Crippen LogP contribution < -0.4 is 0 Å². The molecule has 0 amide bonds. The molecule has 2 fully saturated rings. The van der Waals surface area contributed by atoms with Crippen LogP contribution in [0.4, 0.5) is 4.39 Å². The quantitative estimate of drug-likeness (QED) is 0.808. The number of rotatable bonds is 2. The second-order valence-electron chi connectivity index (χ2n) is 6.05. The molecule has 3 rings (SSSR count). The fourth-order valence-corrected chi connectivity index (χ4v) is 3.50. The molecule has 0 radical (unpaired) electrons. The first-order valence-corrected chi connectivity index (χ1v) is 7.45. The molecule has 3 heteroatoms. The summed E-state index contributed by atoms with van der Waals surface area (Å²) in [5, 5.41) is 0. The van der Waals surface area contributed by atoms with Gasteiger partial charge in [-0.1, -0.05) is 18.6 Å². The van der Waals surface area contributed by atoms with E-state index in [1.165, 1.54) is 38.4 Å². The Bertz CT molecular complexity index is 435. The van der Waals surface area contributed by atoms with Crippen molar-refractivity contribution in [1.29, 1.82) is 0 Å². The summed E-state index contributed by atoms with van der Waals surface area (Å²) in [6, 6.07) is 8.32. The average Bonchev–Trinajstić information content (AvgIpc) is 2.40. The first-order chi connectivity index (χ1) is 9.22. The van der Waals surface area contributed by atoms with Gasteiger partial charge in [-0.25, -0.2) is 4.39 Å². The Kier molecular flexibility index (Phi) is 3.85. The van der Waals surface area contributed by atoms with Crippen LogP contribution in [0.15, 0.2) is 24.3 Å². The van der Waals surface area contributed by atoms with Gasteiger partial charge in [-0.05, 0) is 44.0 Å². The zero-order valence-corrected chi connectivity index (χ0v) is 11.7. The third-order valence-corrected chi connectivity index (χ3v) is 4.59. The number of benzene rings is 1. The standard InChI is InChI=1S/C16H23FN2/c1-13-10-18-8-3-2-7-16(18)12-19(13)11-14-5-4-6-15(17)9-14/h4-6,9,13,16H,2-3,7-8,10-12H2,1H3. The van der Waals surface area contributed by atoms with Gasteiger partial charge in [-0.2, -0.15) is 0 Å². The Morgan fingerprint density at radius 2 is 2.16 bits per heavy atom. The maximum absolute atomic E-state index is 13.3. The number of halogens is 1. The molecule has 1 aromatic rings. The Balaban J connectivity index is 1.67. The maximum Gasteiger partial charge on any atom is 0.123 e. The fraction of sp³-hybridized carbons (Fsp3) is 0.625. The number of hydrogen-bond acceptors (Lipinski definition) is 2. The minimum atomic E-state index is -0.124. The van der Waals surface area contributed by atoms with Gasteiger partial charge in [-0.3, -0.25) is 9.80 Å². The van der Waals surface area contributed by atoms with E-state index >= 15 is 0 Å². The molecule has 0 spiro atoms. The highest BCUT2D eigenvalue weighted by Crippen LogP contribution is 2.25. The lowest BCUT2D eigenvalue weighted by molar-refractivity contribution is 0.0110. The molecule has 0 saturated carbocycles. The fourth-order valence-electron chi connectivity index (χ4n) is 3.50. The molecule has 2 aliphatic rings. The molecule has 0 N–H and O–H groups in total. The summed E-state index contributed by atoms with van der Waals surface area (Å²) < 4.78 is 13.3. The van der Waals surface area contributed by atoms with Gasteiger partial charge in [0.15, 0.2) is 0 Å². The zero-order valence-electron chi connectivity index (χ0n) is 11.7. The van der Waals surface area contributed by atoms with Crippen LogP contribution in [-0.4, -0.2) is 41.5 Å². The summed E-state index contributed by atoms with van der Waals surface area (Å²) in [6.07, 6.45) is 4.04. The predicted molar refractivity (Wildman–Crippen MR) is 75.5 cm³/mol. The highest BCUT2D eigenvalue weighted by molar-refractivity contribution is 5.16. The third-order valence-electron chi connectivity index (χ3n) is 4.59. The summed E-state index contributed by atoms with van der Waals surface area (Å²) in [4.78, 5) is 5.16. The van der Waals surface area contributed by atoms with Gasteiger partial charge >= 0.3 is 0 Å². The molecule has 2 nitrogen and oxygen atoms in total. The topological polar surface area (TPSA) is 6.48 Å². The molecule has 1 aromatic carbocycles. The van der Waals surface area contributed by atoms with Crippen LogP contribution in [0, 0.1) is 5.82 Å². The number of nitrogens with zero attached hydrogens (tertiary/aromatic N) is 2. The predicted octanol–water partition coefficient (Wildman–Crippen LogP) is 2.88. The van der Waals surface area contributed by atoms with Gasteiger partial charge in [0.05, 0.1) is 0 Å². The summed E-state index contributed by atoms with van der Waals surface area (Å²) in [5.74, 6) is -0.124. The minimum absolute atomic E-state index is 0.124. The summed E-state index contributed by atoms with van der Waals surface area (Å²) in [5.41, 5.74) is 1.09. The van der Waals surface area contributed by atoms with Crippen molar-refractivity contribution in [2.24, 2.45) is 0 Å². The van der Waals surface area contributed by atoms with E-state index in [-0.39, 0.29) is 5.82 Å². The van der Waals surface area contributed by atoms with E-state index < -0.39 is 0 Å². The van der Waals surface area contributed by atoms with Crippen molar-refractivity contribution in [2.75, 3.05) is 19.6 Å². The van der Waals surface area contributed by atoms with Crippen molar-refractivity contribution in [3.05, 3.63) is 35.6 Å². The summed E-state index contributed by atoms with van der Waals surface area (Å²) >= 11 is 0. The molecule has 19 heavy (non-hydrogen) atoms. The van der Waals surface area contributed by atoms with E-state index in [0.717, 1.165) is 24.7 Å². The molecule has 2 saturated heterocycles. The Morgan fingerprint density at radius 1 is 1.26 bits per heavy atom. The first-order valence-electron chi connectivity index (χ1n) is 7.45. The molecule has 2 unspecified atom stereocenters. The van der Waals surface area contributed by atoms with Crippen LogP contribution in [-0.2, 0) is 6.54 Å². The highest BCUT2D eigenvalue weighted by Gasteiger charge is 2.32. The van der Waals surface area contributed by atoms with Crippen molar-refractivity contribution in [2.45, 2.75) is 44.8 Å². The third kappa shape index (κ3) is 2.98. The van der Waals surface area contributed by atoms with Gasteiger partial charge < -0.3 is 0 Å². The van der Waals surface area contributed by atoms with Crippen molar-refractivity contribution in [3.63, 3.8) is 0 Å². The number of piperazine rings is 1. The number of hydrogen-bond donors (Lipinski definition) is 0. The van der Waals surface area contributed by atoms with Crippen molar-refractivity contribution in [3.8, 4) is 0 Å². The molecular formula is C16H23FN2. The Hall–Kier alpha value is -0.930. The second-order valence-corrected chi connectivity index (χ2v) is 6.05. The van der Waals surface area contributed by atoms with Gasteiger partial charge in [-0.15, -0.1) is 0 Å². The monoisotopic (exact) mass is 262 g/mol. The molecular weight excluding hydrogens is 239 g/mol. The van der Waals surface area contributed by atoms with Gasteiger partial charge in [0.2, 0.25) is 0 Å². The van der Waals surface area contributed by atoms with Crippen LogP contribution in [0.1, 0.15) is 31.7 Å². The van der Waals surface area contributed by atoms with Crippen molar-refractivity contribution < 1.29 is 4.39 Å². The SMILES string of the molecule is CC1CN2CCCCC2CN1Cc1cccc(F)c1. The minimum Gasteiger partial charge on any atom is -0.298 e. The van der Waals surface area contributed by atoms with E-state index in [1.807, 2.05) is 12.1 Å². The molecule has 0 aliphatic carbocycles. The van der Waals surface area contributed by atoms with E-state index in [9.17, 15) is 4.39 Å². The van der Waals surface area contributed by atoms with Gasteiger partial charge in [0.25, 0.3) is 0 Å². The molecule has 0 bridgehead atoms. The second kappa shape index (κ2) is 5.59. The van der Waals surface area contributed by atoms with E-state index in [1.54, 1.807) is 6.07 Å². The van der Waals surface area contributed by atoms with Crippen molar-refractivity contribution in [1.82, 2.24) is 9.80 Å². The maximum atomic E-state index is 13.3. The Morgan fingerprint density at radius 3 is 3.00 bits per heavy atom. The summed E-state index contributed by atoms with van der Waals surface area (Å²) in [6.45, 7) is 6.74. The Labute approximate surface area is 115 Å². The van der Waals surface area contributed by atoms with Crippen molar-refractivity contribution >= 4 is 0 Å². The lowest BCUT2D eigenvalue weighted by Gasteiger charge is -2.47. The van der Waals surface area contributed by atoms with Crippen LogP contribution in [0.2, 0.25) is 0 Å². The van der Waals surface area contributed by atoms with E-state index in [4.69, 9.17) is 0 Å². The van der Waals surface area contributed by atoms with Crippen LogP contribution in [0.3, 0.4) is 0 Å². The first kappa shape index (κ1) is 13.1. The van der Waals surface area contributed by atoms with Gasteiger partial charge in [0.1, 0.15) is 5.82 Å².